The van der Waals surface area contributed by atoms with Crippen LogP contribution in [0.1, 0.15) is 18.1 Å². The molecular formula is C12H20N4O2. The zero-order valence-electron chi connectivity index (χ0n) is 10.6. The molecule has 0 saturated carbocycles. The molecule has 3 rings (SSSR count). The number of hydrogen-bond donors (Lipinski definition) is 1. The Hall–Kier alpha value is -0.980. The number of ether oxygens (including phenoxy) is 1. The average Bonchev–Trinajstić information content (AvgIpc) is 3.03. The normalized spacial score (nSPS) is 25.7. The average molecular weight is 252 g/mol. The fourth-order valence-electron chi connectivity index (χ4n) is 2.50. The van der Waals surface area contributed by atoms with Gasteiger partial charge in [-0.15, -0.1) is 0 Å². The van der Waals surface area contributed by atoms with Gasteiger partial charge in [-0.3, -0.25) is 4.90 Å². The van der Waals surface area contributed by atoms with E-state index in [0.717, 1.165) is 70.5 Å². The predicted octanol–water partition coefficient (Wildman–Crippen LogP) is 0.0538. The third-order valence-corrected chi connectivity index (χ3v) is 3.57. The van der Waals surface area contributed by atoms with Crippen LogP contribution in [0.2, 0.25) is 0 Å². The molecule has 1 aromatic rings. The lowest BCUT2D eigenvalue weighted by Gasteiger charge is -2.25. The van der Waals surface area contributed by atoms with Gasteiger partial charge in [-0.05, 0) is 12.3 Å². The molecule has 1 aromatic heterocycles. The number of nitrogens with zero attached hydrogens (tertiary/aromatic N) is 3. The summed E-state index contributed by atoms with van der Waals surface area (Å²) >= 11 is 0. The minimum atomic E-state index is 0.564. The molecule has 18 heavy (non-hydrogen) atoms. The first kappa shape index (κ1) is 12.1. The molecule has 2 aliphatic heterocycles. The number of aromatic nitrogens is 2. The van der Waals surface area contributed by atoms with Gasteiger partial charge >= 0.3 is 0 Å². The van der Waals surface area contributed by atoms with E-state index in [1.165, 1.54) is 0 Å². The Morgan fingerprint density at radius 1 is 1.33 bits per heavy atom. The molecule has 2 fully saturated rings. The molecule has 100 valence electrons. The SMILES string of the molecule is C1CN(Cc2nc(CC3CCOC3)no2)CCN1. The van der Waals surface area contributed by atoms with Crippen LogP contribution in [-0.2, 0) is 17.7 Å². The molecule has 2 saturated heterocycles. The molecule has 0 radical (unpaired) electrons. The van der Waals surface area contributed by atoms with E-state index in [9.17, 15) is 0 Å². The Morgan fingerprint density at radius 2 is 2.22 bits per heavy atom. The first-order valence-corrected chi connectivity index (χ1v) is 6.72. The summed E-state index contributed by atoms with van der Waals surface area (Å²) in [6, 6.07) is 0. The first-order valence-electron chi connectivity index (χ1n) is 6.72. The maximum Gasteiger partial charge on any atom is 0.240 e. The van der Waals surface area contributed by atoms with Crippen molar-refractivity contribution in [1.29, 1.82) is 0 Å². The molecule has 1 N–H and O–H groups in total. The molecule has 0 aliphatic carbocycles. The van der Waals surface area contributed by atoms with Crippen molar-refractivity contribution in [2.45, 2.75) is 19.4 Å². The molecule has 3 heterocycles. The van der Waals surface area contributed by atoms with Crippen molar-refractivity contribution in [3.63, 3.8) is 0 Å². The van der Waals surface area contributed by atoms with Crippen LogP contribution in [0.4, 0.5) is 0 Å². The molecule has 0 bridgehead atoms. The van der Waals surface area contributed by atoms with Crippen molar-refractivity contribution in [3.05, 3.63) is 11.7 Å². The Bertz CT molecular complexity index is 370. The summed E-state index contributed by atoms with van der Waals surface area (Å²) in [5, 5.41) is 7.39. The summed E-state index contributed by atoms with van der Waals surface area (Å²) in [4.78, 5) is 6.81. The number of piperazine rings is 1. The minimum Gasteiger partial charge on any atom is -0.381 e. The highest BCUT2D eigenvalue weighted by Crippen LogP contribution is 2.16. The molecule has 0 aromatic carbocycles. The number of nitrogens with one attached hydrogen (secondary N) is 1. The third kappa shape index (κ3) is 3.07. The topological polar surface area (TPSA) is 63.4 Å². The molecule has 0 spiro atoms. The summed E-state index contributed by atoms with van der Waals surface area (Å²) in [5.41, 5.74) is 0. The summed E-state index contributed by atoms with van der Waals surface area (Å²) < 4.78 is 10.7. The highest BCUT2D eigenvalue weighted by molar-refractivity contribution is 4.90. The largest absolute Gasteiger partial charge is 0.381 e. The van der Waals surface area contributed by atoms with E-state index in [4.69, 9.17) is 9.26 Å². The van der Waals surface area contributed by atoms with Gasteiger partial charge in [0.1, 0.15) is 0 Å². The van der Waals surface area contributed by atoms with Gasteiger partial charge < -0.3 is 14.6 Å². The number of hydrogen-bond acceptors (Lipinski definition) is 6. The van der Waals surface area contributed by atoms with Gasteiger partial charge in [-0.1, -0.05) is 5.16 Å². The van der Waals surface area contributed by atoms with E-state index in [2.05, 4.69) is 20.4 Å². The zero-order chi connectivity index (χ0) is 12.2. The van der Waals surface area contributed by atoms with Crippen LogP contribution in [0.25, 0.3) is 0 Å². The molecule has 0 amide bonds. The van der Waals surface area contributed by atoms with E-state index < -0.39 is 0 Å². The third-order valence-electron chi connectivity index (χ3n) is 3.57. The van der Waals surface area contributed by atoms with E-state index in [-0.39, 0.29) is 0 Å². The van der Waals surface area contributed by atoms with Crippen molar-refractivity contribution in [3.8, 4) is 0 Å². The van der Waals surface area contributed by atoms with E-state index in [1.807, 2.05) is 0 Å². The van der Waals surface area contributed by atoms with Gasteiger partial charge in [-0.25, -0.2) is 0 Å². The monoisotopic (exact) mass is 252 g/mol. The van der Waals surface area contributed by atoms with Gasteiger partial charge in [0, 0.05) is 45.8 Å². The summed E-state index contributed by atoms with van der Waals surface area (Å²) in [6.07, 6.45) is 1.99. The van der Waals surface area contributed by atoms with Gasteiger partial charge in [0.15, 0.2) is 5.82 Å². The highest BCUT2D eigenvalue weighted by atomic mass is 16.5. The second kappa shape index (κ2) is 5.77. The maximum absolute atomic E-state index is 5.36. The Kier molecular flexibility index (Phi) is 3.87. The van der Waals surface area contributed by atoms with Crippen molar-refractivity contribution in [2.24, 2.45) is 5.92 Å². The number of rotatable bonds is 4. The Balaban J connectivity index is 1.52. The summed E-state index contributed by atoms with van der Waals surface area (Å²) in [6.45, 7) is 6.66. The standard InChI is InChI=1S/C12H20N4O2/c1-6-17-9-10(1)7-11-14-12(18-15-11)8-16-4-2-13-3-5-16/h10,13H,1-9H2. The molecule has 2 aliphatic rings. The Morgan fingerprint density at radius 3 is 3.00 bits per heavy atom. The molecule has 1 unspecified atom stereocenters. The smallest absolute Gasteiger partial charge is 0.240 e. The Labute approximate surface area is 107 Å². The molecule has 1 atom stereocenters. The van der Waals surface area contributed by atoms with Gasteiger partial charge in [0.25, 0.3) is 0 Å². The van der Waals surface area contributed by atoms with Crippen LogP contribution in [0.15, 0.2) is 4.52 Å². The van der Waals surface area contributed by atoms with E-state index in [0.29, 0.717) is 5.92 Å². The molecule has 6 heteroatoms. The van der Waals surface area contributed by atoms with Crippen molar-refractivity contribution in [1.82, 2.24) is 20.4 Å². The summed E-state index contributed by atoms with van der Waals surface area (Å²) in [5.74, 6) is 2.14. The maximum atomic E-state index is 5.36. The quantitative estimate of drug-likeness (QED) is 0.817. The molecule has 6 nitrogen and oxygen atoms in total. The highest BCUT2D eigenvalue weighted by Gasteiger charge is 2.20. The van der Waals surface area contributed by atoms with E-state index in [1.54, 1.807) is 0 Å². The van der Waals surface area contributed by atoms with E-state index >= 15 is 0 Å². The second-order valence-electron chi connectivity index (χ2n) is 5.06. The van der Waals surface area contributed by atoms with Crippen molar-refractivity contribution in [2.75, 3.05) is 39.4 Å². The van der Waals surface area contributed by atoms with Gasteiger partial charge in [-0.2, -0.15) is 4.98 Å². The summed E-state index contributed by atoms with van der Waals surface area (Å²) in [7, 11) is 0. The van der Waals surface area contributed by atoms with Crippen molar-refractivity contribution >= 4 is 0 Å². The van der Waals surface area contributed by atoms with Crippen molar-refractivity contribution < 1.29 is 9.26 Å². The van der Waals surface area contributed by atoms with Crippen LogP contribution in [0.3, 0.4) is 0 Å². The predicted molar refractivity (Wildman–Crippen MR) is 65.1 cm³/mol. The minimum absolute atomic E-state index is 0.564. The van der Waals surface area contributed by atoms with Crippen LogP contribution in [0, 0.1) is 5.92 Å². The van der Waals surface area contributed by atoms with Gasteiger partial charge in [0.2, 0.25) is 5.89 Å². The first-order chi connectivity index (χ1) is 8.90. The van der Waals surface area contributed by atoms with Crippen LogP contribution in [-0.4, -0.2) is 54.4 Å². The molecular weight excluding hydrogens is 232 g/mol. The van der Waals surface area contributed by atoms with Crippen LogP contribution < -0.4 is 5.32 Å². The zero-order valence-corrected chi connectivity index (χ0v) is 10.6. The van der Waals surface area contributed by atoms with Gasteiger partial charge in [0.05, 0.1) is 6.54 Å². The second-order valence-corrected chi connectivity index (χ2v) is 5.06. The van der Waals surface area contributed by atoms with Crippen LogP contribution in [0.5, 0.6) is 0 Å². The fourth-order valence-corrected chi connectivity index (χ4v) is 2.50. The fraction of sp³-hybridized carbons (Fsp3) is 0.833. The van der Waals surface area contributed by atoms with Crippen LogP contribution >= 0.6 is 0 Å². The lowest BCUT2D eigenvalue weighted by molar-refractivity contribution is 0.185. The lowest BCUT2D eigenvalue weighted by atomic mass is 10.1. The lowest BCUT2D eigenvalue weighted by Crippen LogP contribution is -2.42.